The van der Waals surface area contributed by atoms with Crippen LogP contribution in [0.1, 0.15) is 21.6 Å². The summed E-state index contributed by atoms with van der Waals surface area (Å²) in [6, 6.07) is 5.88. The first-order valence-corrected chi connectivity index (χ1v) is 8.21. The van der Waals surface area contributed by atoms with Crippen molar-refractivity contribution < 1.29 is 9.59 Å². The summed E-state index contributed by atoms with van der Waals surface area (Å²) in [7, 11) is 0. The van der Waals surface area contributed by atoms with E-state index in [0.29, 0.717) is 32.0 Å². The number of carbonyl (C=O) groups excluding carboxylic acids is 2. The number of anilines is 2. The van der Waals surface area contributed by atoms with E-state index < -0.39 is 0 Å². The van der Waals surface area contributed by atoms with Gasteiger partial charge in [0.25, 0.3) is 5.91 Å². The van der Waals surface area contributed by atoms with Crippen LogP contribution in [0.5, 0.6) is 0 Å². The molecule has 7 nitrogen and oxygen atoms in total. The zero-order valence-corrected chi connectivity index (χ0v) is 14.4. The summed E-state index contributed by atoms with van der Waals surface area (Å²) >= 11 is 0. The van der Waals surface area contributed by atoms with Crippen molar-refractivity contribution in [2.75, 3.05) is 36.4 Å². The molecular formula is C18H21N5O2. The van der Waals surface area contributed by atoms with E-state index >= 15 is 0 Å². The van der Waals surface area contributed by atoms with E-state index in [-0.39, 0.29) is 11.6 Å². The molecule has 3 rings (SSSR count). The van der Waals surface area contributed by atoms with Gasteiger partial charge in [0.1, 0.15) is 11.5 Å². The Kier molecular flexibility index (Phi) is 4.92. The second-order valence-electron chi connectivity index (χ2n) is 6.22. The number of amides is 2. The number of nitrogens with zero attached hydrogens (tertiary/aromatic N) is 4. The van der Waals surface area contributed by atoms with Crippen molar-refractivity contribution in [2.24, 2.45) is 0 Å². The molecule has 2 heterocycles. The smallest absolute Gasteiger partial charge is 0.275 e. The highest BCUT2D eigenvalue weighted by atomic mass is 16.2. The highest BCUT2D eigenvalue weighted by Gasteiger charge is 2.17. The molecule has 0 saturated carbocycles. The molecule has 1 aliphatic heterocycles. The molecule has 1 aromatic heterocycles. The number of piperazine rings is 1. The first-order chi connectivity index (χ1) is 12.0. The van der Waals surface area contributed by atoms with Crippen LogP contribution < -0.4 is 10.2 Å². The predicted molar refractivity (Wildman–Crippen MR) is 95.8 cm³/mol. The van der Waals surface area contributed by atoms with Crippen LogP contribution >= 0.6 is 0 Å². The van der Waals surface area contributed by atoms with Gasteiger partial charge in [-0.1, -0.05) is 6.07 Å². The standard InChI is InChI=1S/C18H21N5O2/c1-13-7-14(2)9-15(8-13)21-18(25)16-10-20-17(11-19-16)23-5-3-22(12-24)4-6-23/h7-12H,3-6H2,1-2H3,(H,21,25). The summed E-state index contributed by atoms with van der Waals surface area (Å²) in [6.07, 6.45) is 3.95. The Hall–Kier alpha value is -2.96. The van der Waals surface area contributed by atoms with Crippen molar-refractivity contribution in [3.05, 3.63) is 47.4 Å². The topological polar surface area (TPSA) is 78.4 Å². The summed E-state index contributed by atoms with van der Waals surface area (Å²) in [5.74, 6) is 0.434. The van der Waals surface area contributed by atoms with Gasteiger partial charge in [0.05, 0.1) is 12.4 Å². The van der Waals surface area contributed by atoms with E-state index in [2.05, 4.69) is 26.3 Å². The summed E-state index contributed by atoms with van der Waals surface area (Å²) < 4.78 is 0. The number of carbonyl (C=O) groups is 2. The molecule has 130 valence electrons. The molecule has 0 unspecified atom stereocenters. The summed E-state index contributed by atoms with van der Waals surface area (Å²) in [5, 5.41) is 2.85. The van der Waals surface area contributed by atoms with Crippen LogP contribution in [-0.4, -0.2) is 53.4 Å². The fourth-order valence-corrected chi connectivity index (χ4v) is 2.90. The van der Waals surface area contributed by atoms with E-state index in [1.165, 1.54) is 6.20 Å². The van der Waals surface area contributed by atoms with Gasteiger partial charge in [-0.2, -0.15) is 0 Å². The maximum absolute atomic E-state index is 12.3. The molecule has 0 radical (unpaired) electrons. The van der Waals surface area contributed by atoms with Crippen LogP contribution in [0.4, 0.5) is 11.5 Å². The first-order valence-electron chi connectivity index (χ1n) is 8.21. The molecule has 7 heteroatoms. The SMILES string of the molecule is Cc1cc(C)cc(NC(=O)c2cnc(N3CCN(C=O)CC3)cn2)c1. The maximum atomic E-state index is 12.3. The summed E-state index contributed by atoms with van der Waals surface area (Å²) in [6.45, 7) is 6.73. The molecule has 2 aromatic rings. The van der Waals surface area contributed by atoms with Crippen molar-refractivity contribution in [2.45, 2.75) is 13.8 Å². The molecule has 0 atom stereocenters. The summed E-state index contributed by atoms with van der Waals surface area (Å²) in [5.41, 5.74) is 3.20. The molecule has 1 aromatic carbocycles. The van der Waals surface area contributed by atoms with Crippen molar-refractivity contribution >= 4 is 23.8 Å². The molecule has 25 heavy (non-hydrogen) atoms. The molecule has 2 amide bonds. The second-order valence-corrected chi connectivity index (χ2v) is 6.22. The van der Waals surface area contributed by atoms with Crippen LogP contribution in [0.15, 0.2) is 30.6 Å². The minimum absolute atomic E-state index is 0.273. The van der Waals surface area contributed by atoms with Gasteiger partial charge >= 0.3 is 0 Å². The third-order valence-corrected chi connectivity index (χ3v) is 4.14. The molecular weight excluding hydrogens is 318 g/mol. The van der Waals surface area contributed by atoms with E-state index in [9.17, 15) is 9.59 Å². The lowest BCUT2D eigenvalue weighted by Crippen LogP contribution is -2.46. The van der Waals surface area contributed by atoms with Crippen molar-refractivity contribution in [3.8, 4) is 0 Å². The highest BCUT2D eigenvalue weighted by molar-refractivity contribution is 6.02. The molecule has 1 N–H and O–H groups in total. The number of rotatable bonds is 4. The van der Waals surface area contributed by atoms with Crippen LogP contribution in [0.3, 0.4) is 0 Å². The Morgan fingerprint density at radius 3 is 2.28 bits per heavy atom. The monoisotopic (exact) mass is 339 g/mol. The third kappa shape index (κ3) is 4.12. The van der Waals surface area contributed by atoms with E-state index in [0.717, 1.165) is 23.2 Å². The fourth-order valence-electron chi connectivity index (χ4n) is 2.90. The number of nitrogens with one attached hydrogen (secondary N) is 1. The van der Waals surface area contributed by atoms with Gasteiger partial charge in [-0.25, -0.2) is 9.97 Å². The molecule has 0 spiro atoms. The largest absolute Gasteiger partial charge is 0.352 e. The summed E-state index contributed by atoms with van der Waals surface area (Å²) in [4.78, 5) is 35.5. The third-order valence-electron chi connectivity index (χ3n) is 4.14. The van der Waals surface area contributed by atoms with Gasteiger partial charge in [-0.05, 0) is 37.1 Å². The Labute approximate surface area is 146 Å². The van der Waals surface area contributed by atoms with E-state index in [1.54, 1.807) is 11.1 Å². The number of benzene rings is 1. The minimum atomic E-state index is -0.283. The van der Waals surface area contributed by atoms with E-state index in [1.807, 2.05) is 26.0 Å². The fraction of sp³-hybridized carbons (Fsp3) is 0.333. The van der Waals surface area contributed by atoms with E-state index in [4.69, 9.17) is 0 Å². The predicted octanol–water partition coefficient (Wildman–Crippen LogP) is 1.62. The molecule has 0 bridgehead atoms. The van der Waals surface area contributed by atoms with Crippen molar-refractivity contribution in [1.29, 1.82) is 0 Å². The minimum Gasteiger partial charge on any atom is -0.352 e. The van der Waals surface area contributed by atoms with Crippen LogP contribution in [0, 0.1) is 13.8 Å². The van der Waals surface area contributed by atoms with Gasteiger partial charge in [-0.15, -0.1) is 0 Å². The van der Waals surface area contributed by atoms with Crippen LogP contribution in [0.2, 0.25) is 0 Å². The quantitative estimate of drug-likeness (QED) is 0.857. The average molecular weight is 339 g/mol. The maximum Gasteiger partial charge on any atom is 0.275 e. The zero-order valence-electron chi connectivity index (χ0n) is 14.4. The van der Waals surface area contributed by atoms with Crippen LogP contribution in [0.25, 0.3) is 0 Å². The normalized spacial score (nSPS) is 14.3. The van der Waals surface area contributed by atoms with Crippen LogP contribution in [-0.2, 0) is 4.79 Å². The lowest BCUT2D eigenvalue weighted by molar-refractivity contribution is -0.118. The second kappa shape index (κ2) is 7.29. The van der Waals surface area contributed by atoms with Gasteiger partial charge < -0.3 is 15.1 Å². The van der Waals surface area contributed by atoms with Gasteiger partial charge in [0, 0.05) is 31.9 Å². The highest BCUT2D eigenvalue weighted by Crippen LogP contribution is 2.15. The van der Waals surface area contributed by atoms with Gasteiger partial charge in [-0.3, -0.25) is 9.59 Å². The van der Waals surface area contributed by atoms with Gasteiger partial charge in [0.15, 0.2) is 0 Å². The number of hydrogen-bond donors (Lipinski definition) is 1. The lowest BCUT2D eigenvalue weighted by atomic mass is 10.1. The van der Waals surface area contributed by atoms with Crippen molar-refractivity contribution in [1.82, 2.24) is 14.9 Å². The Balaban J connectivity index is 1.65. The molecule has 1 fully saturated rings. The Morgan fingerprint density at radius 1 is 1.04 bits per heavy atom. The zero-order chi connectivity index (χ0) is 17.8. The lowest BCUT2D eigenvalue weighted by Gasteiger charge is -2.33. The molecule has 0 aliphatic carbocycles. The first kappa shape index (κ1) is 16.9. The Morgan fingerprint density at radius 2 is 1.72 bits per heavy atom. The Bertz CT molecular complexity index is 747. The average Bonchev–Trinajstić information content (AvgIpc) is 2.61. The number of aromatic nitrogens is 2. The molecule has 1 saturated heterocycles. The molecule has 1 aliphatic rings. The van der Waals surface area contributed by atoms with Crippen molar-refractivity contribution in [3.63, 3.8) is 0 Å². The van der Waals surface area contributed by atoms with Gasteiger partial charge in [0.2, 0.25) is 6.41 Å². The number of aryl methyl sites for hydroxylation is 2. The number of hydrogen-bond acceptors (Lipinski definition) is 5.